The third kappa shape index (κ3) is 3.58. The Morgan fingerprint density at radius 3 is 2.48 bits per heavy atom. The molecule has 0 amide bonds. The molecule has 1 aromatic carbocycles. The maximum atomic E-state index is 11.8. The molecule has 0 radical (unpaired) electrons. The second-order valence-electron chi connectivity index (χ2n) is 5.54. The van der Waals surface area contributed by atoms with Gasteiger partial charge in [-0.1, -0.05) is 30.3 Å². The Kier molecular flexibility index (Phi) is 4.27. The Hall–Kier alpha value is -1.95. The first-order valence-corrected chi connectivity index (χ1v) is 8.49. The van der Waals surface area contributed by atoms with E-state index < -0.39 is 14.6 Å². The van der Waals surface area contributed by atoms with Crippen molar-refractivity contribution < 1.29 is 8.42 Å². The molecule has 6 heteroatoms. The molecule has 0 spiro atoms. The summed E-state index contributed by atoms with van der Waals surface area (Å²) in [6.07, 6.45) is 4.41. The van der Waals surface area contributed by atoms with Crippen molar-refractivity contribution in [1.82, 2.24) is 9.97 Å². The van der Waals surface area contributed by atoms with E-state index in [1.54, 1.807) is 20.0 Å². The zero-order valence-corrected chi connectivity index (χ0v) is 13.2. The first kappa shape index (κ1) is 15.4. The summed E-state index contributed by atoms with van der Waals surface area (Å²) >= 11 is 0. The van der Waals surface area contributed by atoms with Crippen LogP contribution in [-0.4, -0.2) is 35.9 Å². The molecule has 1 aromatic heterocycles. The van der Waals surface area contributed by atoms with E-state index in [1.807, 2.05) is 30.3 Å². The molecule has 0 unspecified atom stereocenters. The van der Waals surface area contributed by atoms with Gasteiger partial charge in [0, 0.05) is 24.6 Å². The molecule has 2 aromatic rings. The molecule has 0 fully saturated rings. The highest BCUT2D eigenvalue weighted by atomic mass is 32.2. The number of anilines is 1. The monoisotopic (exact) mass is 305 g/mol. The average Bonchev–Trinajstić information content (AvgIpc) is 2.45. The standard InChI is InChI=1S/C15H19N3O2S/c1-15(2,21(3,19)20)10-17-14-13(9-16-11-18-14)12-7-5-4-6-8-12/h4-9,11H,10H2,1-3H3,(H,16,17,18). The van der Waals surface area contributed by atoms with Crippen LogP contribution in [0, 0.1) is 0 Å². The number of aromatic nitrogens is 2. The Balaban J connectivity index is 2.27. The van der Waals surface area contributed by atoms with Crippen molar-refractivity contribution >= 4 is 15.7 Å². The molecule has 5 nitrogen and oxygen atoms in total. The van der Waals surface area contributed by atoms with Gasteiger partial charge in [0.05, 0.1) is 4.75 Å². The van der Waals surface area contributed by atoms with Crippen LogP contribution in [0.1, 0.15) is 13.8 Å². The van der Waals surface area contributed by atoms with Crippen LogP contribution in [0.2, 0.25) is 0 Å². The normalized spacial score (nSPS) is 12.1. The molecule has 0 saturated heterocycles. The smallest absolute Gasteiger partial charge is 0.154 e. The average molecular weight is 305 g/mol. The summed E-state index contributed by atoms with van der Waals surface area (Å²) in [5, 5.41) is 3.13. The molecular formula is C15H19N3O2S. The Morgan fingerprint density at radius 2 is 1.86 bits per heavy atom. The molecule has 0 aliphatic heterocycles. The fourth-order valence-electron chi connectivity index (χ4n) is 1.73. The third-order valence-corrected chi connectivity index (χ3v) is 5.63. The summed E-state index contributed by atoms with van der Waals surface area (Å²) in [6, 6.07) is 9.74. The van der Waals surface area contributed by atoms with Crippen LogP contribution in [0.15, 0.2) is 42.9 Å². The van der Waals surface area contributed by atoms with Gasteiger partial charge in [0.25, 0.3) is 0 Å². The van der Waals surface area contributed by atoms with Crippen molar-refractivity contribution in [2.24, 2.45) is 0 Å². The summed E-state index contributed by atoms with van der Waals surface area (Å²) in [5.74, 6) is 0.632. The summed E-state index contributed by atoms with van der Waals surface area (Å²) in [7, 11) is -3.16. The summed E-state index contributed by atoms with van der Waals surface area (Å²) < 4.78 is 22.6. The van der Waals surface area contributed by atoms with E-state index in [9.17, 15) is 8.42 Å². The minimum absolute atomic E-state index is 0.280. The lowest BCUT2D eigenvalue weighted by Crippen LogP contribution is -2.38. The molecule has 0 aliphatic rings. The SMILES string of the molecule is CC(C)(CNc1ncncc1-c1ccccc1)S(C)(=O)=O. The quantitative estimate of drug-likeness (QED) is 0.918. The molecule has 112 valence electrons. The predicted octanol–water partition coefficient (Wildman–Crippen LogP) is 2.38. The van der Waals surface area contributed by atoms with E-state index in [0.717, 1.165) is 11.1 Å². The van der Waals surface area contributed by atoms with E-state index in [2.05, 4.69) is 15.3 Å². The zero-order valence-electron chi connectivity index (χ0n) is 12.4. The molecule has 1 N–H and O–H groups in total. The zero-order chi connectivity index (χ0) is 15.5. The van der Waals surface area contributed by atoms with Gasteiger partial charge in [-0.25, -0.2) is 18.4 Å². The van der Waals surface area contributed by atoms with Crippen LogP contribution in [0.5, 0.6) is 0 Å². The Labute approximate surface area is 125 Å². The summed E-state index contributed by atoms with van der Waals surface area (Å²) in [6.45, 7) is 3.67. The van der Waals surface area contributed by atoms with Crippen LogP contribution < -0.4 is 5.32 Å². The van der Waals surface area contributed by atoms with Crippen LogP contribution in [0.3, 0.4) is 0 Å². The number of hydrogen-bond acceptors (Lipinski definition) is 5. The maximum absolute atomic E-state index is 11.8. The summed E-state index contributed by atoms with van der Waals surface area (Å²) in [5.41, 5.74) is 1.83. The van der Waals surface area contributed by atoms with Gasteiger partial charge in [-0.2, -0.15) is 0 Å². The van der Waals surface area contributed by atoms with Gasteiger partial charge >= 0.3 is 0 Å². The van der Waals surface area contributed by atoms with E-state index in [-0.39, 0.29) is 6.54 Å². The molecule has 1 heterocycles. The molecular weight excluding hydrogens is 286 g/mol. The number of nitrogens with zero attached hydrogens (tertiary/aromatic N) is 2. The predicted molar refractivity (Wildman–Crippen MR) is 84.9 cm³/mol. The lowest BCUT2D eigenvalue weighted by Gasteiger charge is -2.23. The van der Waals surface area contributed by atoms with Gasteiger partial charge < -0.3 is 5.32 Å². The highest BCUT2D eigenvalue weighted by molar-refractivity contribution is 7.92. The van der Waals surface area contributed by atoms with E-state index >= 15 is 0 Å². The van der Waals surface area contributed by atoms with Crippen molar-refractivity contribution in [1.29, 1.82) is 0 Å². The number of nitrogens with one attached hydrogen (secondary N) is 1. The number of benzene rings is 1. The first-order chi connectivity index (χ1) is 9.81. The Morgan fingerprint density at radius 1 is 1.19 bits per heavy atom. The second kappa shape index (κ2) is 5.81. The van der Waals surface area contributed by atoms with E-state index in [0.29, 0.717) is 5.82 Å². The highest BCUT2D eigenvalue weighted by Crippen LogP contribution is 2.25. The second-order valence-corrected chi connectivity index (χ2v) is 8.19. The highest BCUT2D eigenvalue weighted by Gasteiger charge is 2.30. The van der Waals surface area contributed by atoms with Crippen LogP contribution >= 0.6 is 0 Å². The third-order valence-electron chi connectivity index (χ3n) is 3.48. The molecule has 0 saturated carbocycles. The largest absolute Gasteiger partial charge is 0.368 e. The van der Waals surface area contributed by atoms with Crippen molar-refractivity contribution in [3.05, 3.63) is 42.9 Å². The van der Waals surface area contributed by atoms with Crippen molar-refractivity contribution in [3.63, 3.8) is 0 Å². The fraction of sp³-hybridized carbons (Fsp3) is 0.333. The van der Waals surface area contributed by atoms with Crippen molar-refractivity contribution in [3.8, 4) is 11.1 Å². The van der Waals surface area contributed by atoms with Gasteiger partial charge in [-0.15, -0.1) is 0 Å². The van der Waals surface area contributed by atoms with Crippen molar-refractivity contribution in [2.75, 3.05) is 18.1 Å². The van der Waals surface area contributed by atoms with Crippen LogP contribution in [0.4, 0.5) is 5.82 Å². The minimum Gasteiger partial charge on any atom is -0.368 e. The van der Waals surface area contributed by atoms with E-state index in [1.165, 1.54) is 12.6 Å². The van der Waals surface area contributed by atoms with Gasteiger partial charge in [-0.05, 0) is 19.4 Å². The van der Waals surface area contributed by atoms with Crippen LogP contribution in [0.25, 0.3) is 11.1 Å². The van der Waals surface area contributed by atoms with Gasteiger partial charge in [0.15, 0.2) is 9.84 Å². The lowest BCUT2D eigenvalue weighted by atomic mass is 10.1. The molecule has 2 rings (SSSR count). The van der Waals surface area contributed by atoms with Gasteiger partial charge in [-0.3, -0.25) is 0 Å². The number of hydrogen-bond donors (Lipinski definition) is 1. The number of sulfone groups is 1. The topological polar surface area (TPSA) is 72.0 Å². The van der Waals surface area contributed by atoms with Crippen molar-refractivity contribution in [2.45, 2.75) is 18.6 Å². The minimum atomic E-state index is -3.16. The molecule has 21 heavy (non-hydrogen) atoms. The first-order valence-electron chi connectivity index (χ1n) is 6.60. The number of rotatable bonds is 5. The lowest BCUT2D eigenvalue weighted by molar-refractivity contribution is 0.559. The fourth-order valence-corrected chi connectivity index (χ4v) is 2.06. The molecule has 0 atom stereocenters. The molecule has 0 aliphatic carbocycles. The van der Waals surface area contributed by atoms with Gasteiger partial charge in [0.1, 0.15) is 12.1 Å². The van der Waals surface area contributed by atoms with Gasteiger partial charge in [0.2, 0.25) is 0 Å². The van der Waals surface area contributed by atoms with Crippen LogP contribution in [-0.2, 0) is 9.84 Å². The molecule has 0 bridgehead atoms. The Bertz CT molecular complexity index is 713. The summed E-state index contributed by atoms with van der Waals surface area (Å²) in [4.78, 5) is 8.27. The maximum Gasteiger partial charge on any atom is 0.154 e. The van der Waals surface area contributed by atoms with E-state index in [4.69, 9.17) is 0 Å².